The third-order valence-electron chi connectivity index (χ3n) is 8.04. The van der Waals surface area contributed by atoms with Gasteiger partial charge in [-0.25, -0.2) is 8.42 Å². The molecular formula is C36H48N2O3S. The van der Waals surface area contributed by atoms with Gasteiger partial charge >= 0.3 is 0 Å². The van der Waals surface area contributed by atoms with Gasteiger partial charge < -0.3 is 9.73 Å². The molecule has 1 aliphatic heterocycles. The van der Waals surface area contributed by atoms with Gasteiger partial charge in [-0.2, -0.15) is 0 Å². The Balaban J connectivity index is 1.73. The van der Waals surface area contributed by atoms with Crippen molar-refractivity contribution in [3.8, 4) is 22.5 Å². The number of hydrogen-bond donors (Lipinski definition) is 1. The molecule has 2 atom stereocenters. The zero-order valence-corrected chi connectivity index (χ0v) is 27.3. The van der Waals surface area contributed by atoms with Crippen molar-refractivity contribution in [2.24, 2.45) is 10.4 Å². The van der Waals surface area contributed by atoms with Crippen LogP contribution in [0.3, 0.4) is 0 Å². The highest BCUT2D eigenvalue weighted by Gasteiger charge is 2.20. The summed E-state index contributed by atoms with van der Waals surface area (Å²) < 4.78 is 32.8. The summed E-state index contributed by atoms with van der Waals surface area (Å²) in [7, 11) is -3.34. The SMILES string of the molecule is CCNC(C)c1ccc2c(-c3ccc(S(=O)(=O)CCCCCC(C)(C)C)cc3)c3ccc(=NC(C)CC)cc-3oc2c1. The molecule has 0 saturated carbocycles. The van der Waals surface area contributed by atoms with E-state index in [1.165, 1.54) is 0 Å². The van der Waals surface area contributed by atoms with Crippen molar-refractivity contribution in [1.29, 1.82) is 0 Å². The molecule has 0 saturated heterocycles. The largest absolute Gasteiger partial charge is 0.456 e. The van der Waals surface area contributed by atoms with Crippen LogP contribution in [0.1, 0.15) is 92.2 Å². The van der Waals surface area contributed by atoms with Gasteiger partial charge in [0.2, 0.25) is 0 Å². The summed E-state index contributed by atoms with van der Waals surface area (Å²) >= 11 is 0. The Bertz CT molecular complexity index is 1630. The Morgan fingerprint density at radius 3 is 2.31 bits per heavy atom. The quantitative estimate of drug-likeness (QED) is 0.132. The van der Waals surface area contributed by atoms with Gasteiger partial charge in [0.1, 0.15) is 11.3 Å². The summed E-state index contributed by atoms with van der Waals surface area (Å²) in [5, 5.41) is 5.37. The van der Waals surface area contributed by atoms with E-state index in [2.05, 4.69) is 78.0 Å². The fourth-order valence-corrected chi connectivity index (χ4v) is 6.77. The van der Waals surface area contributed by atoms with Crippen LogP contribution in [0.4, 0.5) is 0 Å². The van der Waals surface area contributed by atoms with Crippen LogP contribution in [0.25, 0.3) is 33.4 Å². The molecule has 5 nitrogen and oxygen atoms in total. The number of unbranched alkanes of at least 4 members (excludes halogenated alkanes) is 2. The lowest BCUT2D eigenvalue weighted by Crippen LogP contribution is -2.17. The minimum Gasteiger partial charge on any atom is -0.456 e. The zero-order valence-electron chi connectivity index (χ0n) is 26.5. The highest BCUT2D eigenvalue weighted by molar-refractivity contribution is 7.91. The monoisotopic (exact) mass is 588 g/mol. The molecule has 2 aromatic carbocycles. The van der Waals surface area contributed by atoms with Gasteiger partial charge in [-0.05, 0) is 86.5 Å². The molecule has 0 spiro atoms. The minimum absolute atomic E-state index is 0.182. The van der Waals surface area contributed by atoms with Crippen molar-refractivity contribution < 1.29 is 12.8 Å². The molecule has 1 aliphatic carbocycles. The van der Waals surface area contributed by atoms with E-state index in [1.807, 2.05) is 24.3 Å². The molecule has 2 aromatic rings. The van der Waals surface area contributed by atoms with Crippen molar-refractivity contribution in [2.45, 2.75) is 97.5 Å². The average Bonchev–Trinajstić information content (AvgIpc) is 2.94. The van der Waals surface area contributed by atoms with Gasteiger partial charge in [0.15, 0.2) is 9.84 Å². The number of fused-ring (bicyclic) bond motifs is 2. The van der Waals surface area contributed by atoms with Crippen molar-refractivity contribution in [3.63, 3.8) is 0 Å². The highest BCUT2D eigenvalue weighted by Crippen LogP contribution is 2.40. The van der Waals surface area contributed by atoms with Crippen molar-refractivity contribution in [2.75, 3.05) is 12.3 Å². The lowest BCUT2D eigenvalue weighted by Gasteiger charge is -2.18. The maximum Gasteiger partial charge on any atom is 0.178 e. The van der Waals surface area contributed by atoms with Gasteiger partial charge in [-0.3, -0.25) is 4.99 Å². The van der Waals surface area contributed by atoms with Gasteiger partial charge in [0.25, 0.3) is 0 Å². The number of nitrogens with one attached hydrogen (secondary N) is 1. The van der Waals surface area contributed by atoms with Gasteiger partial charge in [0, 0.05) is 34.7 Å². The van der Waals surface area contributed by atoms with Gasteiger partial charge in [-0.1, -0.05) is 71.7 Å². The molecule has 0 radical (unpaired) electrons. The van der Waals surface area contributed by atoms with Crippen molar-refractivity contribution in [3.05, 3.63) is 71.6 Å². The molecule has 1 heterocycles. The van der Waals surface area contributed by atoms with E-state index in [0.717, 1.165) is 76.6 Å². The average molecular weight is 589 g/mol. The molecule has 226 valence electrons. The molecule has 4 rings (SSSR count). The highest BCUT2D eigenvalue weighted by atomic mass is 32.2. The van der Waals surface area contributed by atoms with Gasteiger partial charge in [-0.15, -0.1) is 0 Å². The van der Waals surface area contributed by atoms with E-state index >= 15 is 0 Å². The summed E-state index contributed by atoms with van der Waals surface area (Å²) in [4.78, 5) is 5.21. The third-order valence-corrected chi connectivity index (χ3v) is 9.86. The number of hydrogen-bond acceptors (Lipinski definition) is 5. The Morgan fingerprint density at radius 2 is 1.64 bits per heavy atom. The van der Waals surface area contributed by atoms with E-state index in [-0.39, 0.29) is 23.3 Å². The molecule has 0 aromatic heterocycles. The topological polar surface area (TPSA) is 71.7 Å². The van der Waals surface area contributed by atoms with E-state index < -0.39 is 9.84 Å². The molecule has 0 amide bonds. The maximum atomic E-state index is 13.1. The van der Waals surface area contributed by atoms with Crippen LogP contribution < -0.4 is 10.7 Å². The number of nitrogens with zero attached hydrogens (tertiary/aromatic N) is 1. The lowest BCUT2D eigenvalue weighted by molar-refractivity contribution is 0.359. The summed E-state index contributed by atoms with van der Waals surface area (Å²) in [6.07, 6.45) is 4.75. The van der Waals surface area contributed by atoms with E-state index in [0.29, 0.717) is 11.3 Å². The van der Waals surface area contributed by atoms with Crippen LogP contribution in [0.15, 0.2) is 75.0 Å². The Labute approximate surface area is 252 Å². The predicted octanol–water partition coefficient (Wildman–Crippen LogP) is 8.95. The summed E-state index contributed by atoms with van der Waals surface area (Å²) in [5.41, 5.74) is 5.21. The van der Waals surface area contributed by atoms with Crippen molar-refractivity contribution >= 4 is 20.8 Å². The molecule has 0 bridgehead atoms. The van der Waals surface area contributed by atoms with E-state index in [9.17, 15) is 8.42 Å². The second-order valence-electron chi connectivity index (χ2n) is 12.8. The standard InChI is InChI=1S/C36H48N2O3S/c1-8-25(3)38-29-16-20-32-34(24-29)41-33-23-28(26(4)37-9-2)15-19-31(33)35(32)27-13-17-30(18-14-27)42(39,40)22-12-10-11-21-36(5,6)7/h13-20,23-26,37H,8-12,21-22H2,1-7H3. The number of rotatable bonds is 12. The first-order valence-electron chi connectivity index (χ1n) is 15.5. The summed E-state index contributed by atoms with van der Waals surface area (Å²) in [5.74, 6) is 0.948. The molecule has 2 aliphatic rings. The normalized spacial score (nSPS) is 14.5. The van der Waals surface area contributed by atoms with Crippen LogP contribution in [0.2, 0.25) is 0 Å². The first kappa shape index (κ1) is 32.0. The molecular weight excluding hydrogens is 540 g/mol. The fourth-order valence-electron chi connectivity index (χ4n) is 5.40. The van der Waals surface area contributed by atoms with Gasteiger partial charge in [0.05, 0.1) is 16.0 Å². The van der Waals surface area contributed by atoms with Crippen LogP contribution in [-0.2, 0) is 9.84 Å². The number of sulfone groups is 1. The third kappa shape index (κ3) is 7.90. The first-order chi connectivity index (χ1) is 19.9. The summed E-state index contributed by atoms with van der Waals surface area (Å²) in [6.45, 7) is 16.1. The molecule has 6 heteroatoms. The molecule has 42 heavy (non-hydrogen) atoms. The van der Waals surface area contributed by atoms with Crippen molar-refractivity contribution in [1.82, 2.24) is 5.32 Å². The Morgan fingerprint density at radius 1 is 0.905 bits per heavy atom. The van der Waals surface area contributed by atoms with Crippen LogP contribution in [0.5, 0.6) is 0 Å². The smallest absolute Gasteiger partial charge is 0.178 e. The van der Waals surface area contributed by atoms with E-state index in [1.54, 1.807) is 12.1 Å². The first-order valence-corrected chi connectivity index (χ1v) is 17.2. The van der Waals surface area contributed by atoms with E-state index in [4.69, 9.17) is 9.41 Å². The minimum atomic E-state index is -3.34. The Kier molecular flexibility index (Phi) is 10.3. The van der Waals surface area contributed by atoms with Crippen LogP contribution in [0, 0.1) is 5.41 Å². The molecule has 2 unspecified atom stereocenters. The zero-order chi connectivity index (χ0) is 30.5. The lowest BCUT2D eigenvalue weighted by atomic mass is 9.90. The fraction of sp³-hybridized carbons (Fsp3) is 0.472. The second kappa shape index (κ2) is 13.6. The second-order valence-corrected chi connectivity index (χ2v) is 14.9. The maximum absolute atomic E-state index is 13.1. The van der Waals surface area contributed by atoms with Crippen LogP contribution in [-0.4, -0.2) is 26.8 Å². The number of benzene rings is 3. The molecule has 1 N–H and O–H groups in total. The molecule has 0 fully saturated rings. The Hall–Kier alpha value is -2.96. The predicted molar refractivity (Wildman–Crippen MR) is 176 cm³/mol. The van der Waals surface area contributed by atoms with Crippen LogP contribution >= 0.6 is 0 Å². The summed E-state index contributed by atoms with van der Waals surface area (Å²) in [6, 6.07) is 20.3.